The Labute approximate surface area is 285 Å². The van der Waals surface area contributed by atoms with Gasteiger partial charge < -0.3 is 18.9 Å². The van der Waals surface area contributed by atoms with Crippen molar-refractivity contribution in [2.24, 2.45) is 0 Å². The van der Waals surface area contributed by atoms with Gasteiger partial charge in [0.05, 0.1) is 16.7 Å². The lowest BCUT2D eigenvalue weighted by Gasteiger charge is -2.31. The molecule has 4 nitrogen and oxygen atoms in total. The number of hydrogen-bond donors (Lipinski definition) is 0. The molecule has 1 aromatic heterocycles. The second kappa shape index (κ2) is 10.4. The summed E-state index contributed by atoms with van der Waals surface area (Å²) in [6.45, 7) is 4.57. The number of para-hydroxylation sites is 4. The Morgan fingerprint density at radius 3 is 2.06 bits per heavy atom. The maximum absolute atomic E-state index is 6.90. The van der Waals surface area contributed by atoms with Gasteiger partial charge in [0, 0.05) is 33.2 Å². The average Bonchev–Trinajstić information content (AvgIpc) is 3.59. The molecular formula is C45H32N2O2. The summed E-state index contributed by atoms with van der Waals surface area (Å²) in [7, 11) is 0. The number of ether oxygens (including phenoxy) is 2. The molecule has 0 fully saturated rings. The molecule has 10 rings (SSSR count). The summed E-state index contributed by atoms with van der Waals surface area (Å²) in [6.07, 6.45) is 0. The Kier molecular flexibility index (Phi) is 5.89. The van der Waals surface area contributed by atoms with Crippen LogP contribution in [-0.4, -0.2) is 4.57 Å². The van der Waals surface area contributed by atoms with Crippen LogP contribution in [0.25, 0.3) is 38.6 Å². The Hall–Kier alpha value is -6.26. The van der Waals surface area contributed by atoms with Gasteiger partial charge >= 0.3 is 0 Å². The monoisotopic (exact) mass is 632 g/mol. The maximum atomic E-state index is 6.90. The van der Waals surface area contributed by atoms with Crippen LogP contribution in [0, 0.1) is 0 Å². The van der Waals surface area contributed by atoms with Crippen molar-refractivity contribution >= 4 is 38.9 Å². The van der Waals surface area contributed by atoms with Gasteiger partial charge in [0.25, 0.3) is 0 Å². The molecule has 4 heteroatoms. The highest BCUT2D eigenvalue weighted by Crippen LogP contribution is 2.57. The van der Waals surface area contributed by atoms with Crippen LogP contribution in [-0.2, 0) is 5.41 Å². The topological polar surface area (TPSA) is 26.6 Å². The minimum Gasteiger partial charge on any atom is -0.449 e. The fourth-order valence-electron chi connectivity index (χ4n) is 7.92. The van der Waals surface area contributed by atoms with Crippen molar-refractivity contribution in [1.29, 1.82) is 0 Å². The van der Waals surface area contributed by atoms with E-state index in [2.05, 4.69) is 169 Å². The van der Waals surface area contributed by atoms with Gasteiger partial charge in [-0.3, -0.25) is 0 Å². The first-order valence-electron chi connectivity index (χ1n) is 16.8. The molecule has 1 aliphatic carbocycles. The van der Waals surface area contributed by atoms with Crippen molar-refractivity contribution in [1.82, 2.24) is 4.57 Å². The van der Waals surface area contributed by atoms with Crippen molar-refractivity contribution < 1.29 is 9.47 Å². The summed E-state index contributed by atoms with van der Waals surface area (Å²) >= 11 is 0. The summed E-state index contributed by atoms with van der Waals surface area (Å²) in [5, 5.41) is 2.39. The standard InChI is InChI=1S/C45H32N2O2/c1-45(2)36-20-11-9-18-32(36)34-27-42-43(28-37(34)45)49-44-40(22-13-23-41(44)48-42)46(29-14-5-3-6-15-29)31-24-25-39-35(26-31)33-19-10-12-21-38(33)47(39)30-16-7-4-8-17-30/h3-28H,1-2H3. The summed E-state index contributed by atoms with van der Waals surface area (Å²) in [5.41, 5.74) is 11.3. The number of aromatic nitrogens is 1. The molecular weight excluding hydrogens is 601 g/mol. The zero-order valence-corrected chi connectivity index (χ0v) is 27.2. The second-order valence-electron chi connectivity index (χ2n) is 13.4. The second-order valence-corrected chi connectivity index (χ2v) is 13.4. The molecule has 1 aliphatic heterocycles. The summed E-state index contributed by atoms with van der Waals surface area (Å²) < 4.78 is 15.9. The van der Waals surface area contributed by atoms with Crippen LogP contribution in [0.15, 0.2) is 158 Å². The van der Waals surface area contributed by atoms with E-state index in [4.69, 9.17) is 9.47 Å². The van der Waals surface area contributed by atoms with Crippen LogP contribution < -0.4 is 14.4 Å². The van der Waals surface area contributed by atoms with E-state index in [0.29, 0.717) is 11.5 Å². The molecule has 0 saturated carbocycles. The molecule has 2 heterocycles. The third-order valence-electron chi connectivity index (χ3n) is 10.2. The molecule has 0 spiro atoms. The number of fused-ring (bicyclic) bond motifs is 8. The number of anilines is 3. The van der Waals surface area contributed by atoms with E-state index in [1.165, 1.54) is 38.5 Å². The van der Waals surface area contributed by atoms with Crippen molar-refractivity contribution in [2.75, 3.05) is 4.90 Å². The molecule has 0 N–H and O–H groups in total. The lowest BCUT2D eigenvalue weighted by atomic mass is 9.82. The third-order valence-corrected chi connectivity index (χ3v) is 10.2. The van der Waals surface area contributed by atoms with Gasteiger partial charge in [0.15, 0.2) is 23.0 Å². The lowest BCUT2D eigenvalue weighted by Crippen LogP contribution is -2.15. The highest BCUT2D eigenvalue weighted by Gasteiger charge is 2.38. The molecule has 0 atom stereocenters. The van der Waals surface area contributed by atoms with Crippen LogP contribution in [0.1, 0.15) is 25.0 Å². The molecule has 234 valence electrons. The zero-order chi connectivity index (χ0) is 32.7. The molecule has 2 aliphatic rings. The van der Waals surface area contributed by atoms with E-state index in [1.807, 2.05) is 12.1 Å². The van der Waals surface area contributed by atoms with Gasteiger partial charge in [0.2, 0.25) is 0 Å². The summed E-state index contributed by atoms with van der Waals surface area (Å²) in [6, 6.07) is 55.6. The van der Waals surface area contributed by atoms with Crippen LogP contribution in [0.4, 0.5) is 17.1 Å². The minimum atomic E-state index is -0.144. The van der Waals surface area contributed by atoms with E-state index < -0.39 is 0 Å². The Bertz CT molecular complexity index is 2580. The fourth-order valence-corrected chi connectivity index (χ4v) is 7.92. The maximum Gasteiger partial charge on any atom is 0.194 e. The van der Waals surface area contributed by atoms with Gasteiger partial charge in [0.1, 0.15) is 0 Å². The number of hydrogen-bond acceptors (Lipinski definition) is 3. The van der Waals surface area contributed by atoms with Crippen LogP contribution >= 0.6 is 0 Å². The zero-order valence-electron chi connectivity index (χ0n) is 27.2. The molecule has 8 aromatic rings. The van der Waals surface area contributed by atoms with Crippen molar-refractivity contribution in [3.8, 4) is 39.8 Å². The smallest absolute Gasteiger partial charge is 0.194 e. The first-order chi connectivity index (χ1) is 24.1. The number of benzene rings is 7. The van der Waals surface area contributed by atoms with Crippen LogP contribution in [0.3, 0.4) is 0 Å². The highest BCUT2D eigenvalue weighted by atomic mass is 16.6. The highest BCUT2D eigenvalue weighted by molar-refractivity contribution is 6.10. The molecule has 0 unspecified atom stereocenters. The Morgan fingerprint density at radius 1 is 0.490 bits per heavy atom. The molecule has 49 heavy (non-hydrogen) atoms. The van der Waals surface area contributed by atoms with Crippen molar-refractivity contribution in [3.05, 3.63) is 169 Å². The molecule has 0 bridgehead atoms. The molecule has 7 aromatic carbocycles. The summed E-state index contributed by atoms with van der Waals surface area (Å²) in [4.78, 5) is 2.27. The molecule has 0 radical (unpaired) electrons. The fraction of sp³-hybridized carbons (Fsp3) is 0.0667. The number of rotatable bonds is 4. The first kappa shape index (κ1) is 27.8. The lowest BCUT2D eigenvalue weighted by molar-refractivity contribution is 0.360. The molecule has 0 saturated heterocycles. The predicted octanol–water partition coefficient (Wildman–Crippen LogP) is 12.5. The largest absolute Gasteiger partial charge is 0.449 e. The van der Waals surface area contributed by atoms with E-state index in [1.54, 1.807) is 0 Å². The van der Waals surface area contributed by atoms with Crippen molar-refractivity contribution in [3.63, 3.8) is 0 Å². The minimum absolute atomic E-state index is 0.144. The van der Waals surface area contributed by atoms with Gasteiger partial charge in [-0.25, -0.2) is 0 Å². The van der Waals surface area contributed by atoms with Gasteiger partial charge in [-0.2, -0.15) is 0 Å². The molecule has 0 amide bonds. The first-order valence-corrected chi connectivity index (χ1v) is 16.8. The van der Waals surface area contributed by atoms with E-state index >= 15 is 0 Å². The predicted molar refractivity (Wildman–Crippen MR) is 200 cm³/mol. The Balaban J connectivity index is 1.14. The van der Waals surface area contributed by atoms with Crippen molar-refractivity contribution in [2.45, 2.75) is 19.3 Å². The quantitative estimate of drug-likeness (QED) is 0.193. The van der Waals surface area contributed by atoms with Crippen LogP contribution in [0.5, 0.6) is 23.0 Å². The average molecular weight is 633 g/mol. The van der Waals surface area contributed by atoms with Gasteiger partial charge in [-0.1, -0.05) is 98.8 Å². The van der Waals surface area contributed by atoms with E-state index in [-0.39, 0.29) is 5.41 Å². The van der Waals surface area contributed by atoms with Crippen LogP contribution in [0.2, 0.25) is 0 Å². The van der Waals surface area contributed by atoms with E-state index in [9.17, 15) is 0 Å². The SMILES string of the molecule is CC1(C)c2ccccc2-c2cc3c(cc21)Oc1c(cccc1N(c1ccccc1)c1ccc2c(c1)c1ccccc1n2-c1ccccc1)O3. The third kappa shape index (κ3) is 4.10. The Morgan fingerprint density at radius 2 is 1.20 bits per heavy atom. The normalized spacial score (nSPS) is 13.6. The number of nitrogens with zero attached hydrogens (tertiary/aromatic N) is 2. The summed E-state index contributed by atoms with van der Waals surface area (Å²) in [5.74, 6) is 2.85. The van der Waals surface area contributed by atoms with Gasteiger partial charge in [-0.15, -0.1) is 0 Å². The van der Waals surface area contributed by atoms with Gasteiger partial charge in [-0.05, 0) is 95.1 Å². The van der Waals surface area contributed by atoms with E-state index in [0.717, 1.165) is 39.8 Å².